The molecule has 0 bridgehead atoms. The van der Waals surface area contributed by atoms with Gasteiger partial charge < -0.3 is 39.4 Å². The van der Waals surface area contributed by atoms with E-state index in [2.05, 4.69) is 0 Å². The number of aliphatic carboxylic acids is 2. The molecule has 1 aliphatic rings. The minimum Gasteiger partial charge on any atom is -0.504 e. The van der Waals surface area contributed by atoms with E-state index in [0.717, 1.165) is 13.8 Å². The normalized spacial score (nSPS) is 11.8. The van der Waals surface area contributed by atoms with Gasteiger partial charge in [0.25, 0.3) is 17.7 Å². The summed E-state index contributed by atoms with van der Waals surface area (Å²) >= 11 is 0. The smallest absolute Gasteiger partial charge is 0.300 e. The van der Waals surface area contributed by atoms with Crippen LogP contribution in [0.3, 0.4) is 0 Å². The first-order valence-corrected chi connectivity index (χ1v) is 7.91. The average molecular weight is 430 g/mol. The van der Waals surface area contributed by atoms with Gasteiger partial charge in [-0.3, -0.25) is 19.2 Å². The van der Waals surface area contributed by atoms with Gasteiger partial charge in [-0.05, 0) is 0 Å². The fourth-order valence-corrected chi connectivity index (χ4v) is 2.31. The number of ketones is 2. The molecule has 0 aliphatic heterocycles. The second kappa shape index (κ2) is 11.1. The molecule has 0 fully saturated rings. The molecule has 1 aromatic rings. The van der Waals surface area contributed by atoms with E-state index < -0.39 is 35.0 Å². The fourth-order valence-electron chi connectivity index (χ4n) is 2.31. The van der Waals surface area contributed by atoms with Crippen molar-refractivity contribution >= 4 is 29.3 Å². The maximum absolute atomic E-state index is 12.2. The Labute approximate surface area is 170 Å². The molecular formula is C18H22O12. The Hall–Kier alpha value is -3.96. The van der Waals surface area contributed by atoms with Crippen LogP contribution in [-0.4, -0.2) is 72.4 Å². The number of carbonyl (C=O) groups is 4. The van der Waals surface area contributed by atoms with E-state index >= 15 is 0 Å². The van der Waals surface area contributed by atoms with Gasteiger partial charge in [-0.1, -0.05) is 0 Å². The van der Waals surface area contributed by atoms with E-state index in [4.69, 9.17) is 38.7 Å². The van der Waals surface area contributed by atoms with Gasteiger partial charge in [0.2, 0.25) is 23.0 Å². The van der Waals surface area contributed by atoms with Gasteiger partial charge in [0.15, 0.2) is 17.3 Å². The van der Waals surface area contributed by atoms with Crippen LogP contribution in [0.5, 0.6) is 23.0 Å². The van der Waals surface area contributed by atoms with E-state index in [0.29, 0.717) is 0 Å². The number of aliphatic hydroxyl groups is 2. The number of hydrogen-bond acceptors (Lipinski definition) is 10. The summed E-state index contributed by atoms with van der Waals surface area (Å²) in [5, 5.41) is 34.5. The molecule has 0 spiro atoms. The van der Waals surface area contributed by atoms with Gasteiger partial charge in [0.05, 0.1) is 39.6 Å². The summed E-state index contributed by atoms with van der Waals surface area (Å²) in [7, 11) is 5.17. The van der Waals surface area contributed by atoms with Crippen LogP contribution in [-0.2, 0) is 14.4 Å². The lowest BCUT2D eigenvalue weighted by Gasteiger charge is -2.23. The van der Waals surface area contributed by atoms with E-state index in [1.807, 2.05) is 0 Å². The van der Waals surface area contributed by atoms with Crippen molar-refractivity contribution in [2.45, 2.75) is 13.8 Å². The number of hydrogen-bond donors (Lipinski definition) is 4. The van der Waals surface area contributed by atoms with E-state index in [-0.39, 0.29) is 34.1 Å². The molecule has 0 saturated heterocycles. The Morgan fingerprint density at radius 2 is 0.900 bits per heavy atom. The molecule has 1 aromatic carbocycles. The number of benzene rings is 1. The number of ether oxygens (including phenoxy) is 4. The molecule has 166 valence electrons. The van der Waals surface area contributed by atoms with Crippen molar-refractivity contribution in [2.24, 2.45) is 0 Å². The lowest BCUT2D eigenvalue weighted by molar-refractivity contribution is -0.135. The van der Waals surface area contributed by atoms with Crippen LogP contribution in [0, 0.1) is 0 Å². The Bertz CT molecular complexity index is 862. The highest BCUT2D eigenvalue weighted by Crippen LogP contribution is 2.52. The zero-order chi connectivity index (χ0) is 23.8. The van der Waals surface area contributed by atoms with Crippen molar-refractivity contribution in [3.8, 4) is 23.0 Å². The predicted molar refractivity (Wildman–Crippen MR) is 101 cm³/mol. The van der Waals surface area contributed by atoms with Crippen LogP contribution >= 0.6 is 0 Å². The van der Waals surface area contributed by atoms with Gasteiger partial charge >= 0.3 is 0 Å². The summed E-state index contributed by atoms with van der Waals surface area (Å²) in [4.78, 5) is 41.9. The molecule has 0 saturated carbocycles. The lowest BCUT2D eigenvalue weighted by Crippen LogP contribution is -2.25. The first kappa shape index (κ1) is 26.0. The molecule has 1 aliphatic carbocycles. The minimum atomic E-state index is -1.25. The van der Waals surface area contributed by atoms with Crippen molar-refractivity contribution in [3.05, 3.63) is 16.9 Å². The number of fused-ring (bicyclic) bond motifs is 1. The Balaban J connectivity index is 0.000000901. The number of allylic oxidation sites excluding steroid dienone is 1. The highest BCUT2D eigenvalue weighted by atomic mass is 16.5. The van der Waals surface area contributed by atoms with Crippen molar-refractivity contribution in [1.82, 2.24) is 0 Å². The highest BCUT2D eigenvalue weighted by molar-refractivity contribution is 6.52. The Morgan fingerprint density at radius 1 is 0.600 bits per heavy atom. The second-order valence-corrected chi connectivity index (χ2v) is 5.28. The quantitative estimate of drug-likeness (QED) is 0.504. The SMILES string of the molecule is CC(=O)O.CC(=O)O.COc1c(OC)c(OC)c2c(c1OC)C(=O)C(=O)C(O)=C2O. The first-order chi connectivity index (χ1) is 13.9. The first-order valence-electron chi connectivity index (χ1n) is 7.91. The van der Waals surface area contributed by atoms with Crippen LogP contribution in [0.2, 0.25) is 0 Å². The van der Waals surface area contributed by atoms with E-state index in [9.17, 15) is 19.8 Å². The number of rotatable bonds is 4. The number of carboxylic acid groups (broad SMARTS) is 2. The van der Waals surface area contributed by atoms with Gasteiger partial charge in [-0.25, -0.2) is 0 Å². The van der Waals surface area contributed by atoms with Crippen LogP contribution in [0.25, 0.3) is 5.76 Å². The standard InChI is InChI=1S/C14H14O8.2C2H4O2/c1-19-11-5-6(8(16)10(18)9(17)7(5)15)12(20-2)14(22-4)13(11)21-3;2*1-2(3)4/h15,17H,1-4H3;2*1H3,(H,3,4). The van der Waals surface area contributed by atoms with Gasteiger partial charge in [-0.2, -0.15) is 0 Å². The molecule has 30 heavy (non-hydrogen) atoms. The maximum atomic E-state index is 12.2. The Morgan fingerprint density at radius 3 is 1.20 bits per heavy atom. The third-order valence-corrected chi connectivity index (χ3v) is 3.25. The molecule has 0 amide bonds. The summed E-state index contributed by atoms with van der Waals surface area (Å²) < 4.78 is 20.6. The summed E-state index contributed by atoms with van der Waals surface area (Å²) in [5.74, 6) is -5.94. The number of Topliss-reactive ketones (excluding diaryl/α,β-unsaturated/α-hetero) is 2. The van der Waals surface area contributed by atoms with Crippen molar-refractivity contribution in [1.29, 1.82) is 0 Å². The van der Waals surface area contributed by atoms with Crippen LogP contribution in [0.1, 0.15) is 29.8 Å². The predicted octanol–water partition coefficient (Wildman–Crippen LogP) is 1.45. The number of carbonyl (C=O) groups excluding carboxylic acids is 2. The second-order valence-electron chi connectivity index (χ2n) is 5.28. The number of carboxylic acids is 2. The number of methoxy groups -OCH3 is 4. The monoisotopic (exact) mass is 430 g/mol. The minimum absolute atomic E-state index is 0.0240. The topological polar surface area (TPSA) is 186 Å². The molecule has 4 N–H and O–H groups in total. The summed E-state index contributed by atoms with van der Waals surface area (Å²) in [6.07, 6.45) is 0. The molecule has 2 rings (SSSR count). The van der Waals surface area contributed by atoms with Crippen LogP contribution < -0.4 is 18.9 Å². The zero-order valence-electron chi connectivity index (χ0n) is 17.1. The molecule has 0 heterocycles. The molecule has 0 radical (unpaired) electrons. The largest absolute Gasteiger partial charge is 0.504 e. The summed E-state index contributed by atoms with van der Waals surface area (Å²) in [6.45, 7) is 2.17. The zero-order valence-corrected chi connectivity index (χ0v) is 17.1. The van der Waals surface area contributed by atoms with E-state index in [1.54, 1.807) is 0 Å². The van der Waals surface area contributed by atoms with Gasteiger partial charge in [-0.15, -0.1) is 0 Å². The van der Waals surface area contributed by atoms with Crippen molar-refractivity contribution in [2.75, 3.05) is 28.4 Å². The molecule has 0 unspecified atom stereocenters. The van der Waals surface area contributed by atoms with Gasteiger partial charge in [0, 0.05) is 13.8 Å². The fraction of sp³-hybridized carbons (Fsp3) is 0.333. The van der Waals surface area contributed by atoms with Crippen molar-refractivity contribution in [3.63, 3.8) is 0 Å². The van der Waals surface area contributed by atoms with E-state index in [1.165, 1.54) is 28.4 Å². The van der Waals surface area contributed by atoms with Crippen LogP contribution in [0.15, 0.2) is 5.76 Å². The van der Waals surface area contributed by atoms with Gasteiger partial charge in [0.1, 0.15) is 0 Å². The Kier molecular flexibility index (Phi) is 9.67. The third kappa shape index (κ3) is 5.53. The highest BCUT2D eigenvalue weighted by Gasteiger charge is 2.41. The molecule has 12 heteroatoms. The summed E-state index contributed by atoms with van der Waals surface area (Å²) in [5.41, 5.74) is -0.462. The van der Waals surface area contributed by atoms with Crippen molar-refractivity contribution < 1.29 is 58.6 Å². The average Bonchev–Trinajstić information content (AvgIpc) is 2.67. The molecule has 0 atom stereocenters. The van der Waals surface area contributed by atoms with Crippen LogP contribution in [0.4, 0.5) is 0 Å². The molecular weight excluding hydrogens is 408 g/mol. The summed E-state index contributed by atoms with van der Waals surface area (Å²) in [6, 6.07) is 0. The molecule has 12 nitrogen and oxygen atoms in total. The third-order valence-electron chi connectivity index (χ3n) is 3.25. The maximum Gasteiger partial charge on any atom is 0.300 e. The number of aliphatic hydroxyl groups excluding tert-OH is 2. The lowest BCUT2D eigenvalue weighted by atomic mass is 9.90. The molecule has 0 aromatic heterocycles.